The standard InChI is InChI=1S/C25H21N3O2S/c1-30-19-12-13-20(24(29)14-19)22-16-31-25(26-22)28-23(18-10-6-3-7-11-18)15-21(27-28)17-8-4-2-5-9-17/h2-14,16,23,29H,15H2,1H3/t23-/m1/s1. The van der Waals surface area contributed by atoms with Crippen LogP contribution in [0.3, 0.4) is 0 Å². The smallest absolute Gasteiger partial charge is 0.207 e. The Morgan fingerprint density at radius 1 is 1.00 bits per heavy atom. The van der Waals surface area contributed by atoms with E-state index in [9.17, 15) is 5.11 Å². The van der Waals surface area contributed by atoms with E-state index in [1.54, 1.807) is 13.2 Å². The Hall–Kier alpha value is -3.64. The van der Waals surface area contributed by atoms with Crippen LogP contribution < -0.4 is 9.75 Å². The molecular weight excluding hydrogens is 406 g/mol. The molecule has 0 radical (unpaired) electrons. The minimum Gasteiger partial charge on any atom is -0.507 e. The summed E-state index contributed by atoms with van der Waals surface area (Å²) in [5, 5.41) is 20.1. The van der Waals surface area contributed by atoms with Gasteiger partial charge in [0.2, 0.25) is 5.13 Å². The number of anilines is 1. The summed E-state index contributed by atoms with van der Waals surface area (Å²) in [6, 6.07) is 26.0. The number of phenolic OH excluding ortho intramolecular Hbond substituents is 1. The second-order valence-corrected chi connectivity index (χ2v) is 8.12. The monoisotopic (exact) mass is 427 g/mol. The largest absolute Gasteiger partial charge is 0.507 e. The predicted octanol–water partition coefficient (Wildman–Crippen LogP) is 5.88. The summed E-state index contributed by atoms with van der Waals surface area (Å²) in [4.78, 5) is 4.82. The van der Waals surface area contributed by atoms with Crippen molar-refractivity contribution in [3.05, 3.63) is 95.4 Å². The molecule has 1 aromatic heterocycles. The molecule has 4 aromatic rings. The van der Waals surface area contributed by atoms with E-state index in [0.29, 0.717) is 11.3 Å². The number of phenols is 1. The number of benzene rings is 3. The van der Waals surface area contributed by atoms with Crippen molar-refractivity contribution in [3.8, 4) is 22.8 Å². The molecule has 3 aromatic carbocycles. The van der Waals surface area contributed by atoms with Gasteiger partial charge in [-0.15, -0.1) is 11.3 Å². The number of hydrogen-bond donors (Lipinski definition) is 1. The Kier molecular flexibility index (Phi) is 5.14. The van der Waals surface area contributed by atoms with Crippen LogP contribution in [-0.4, -0.2) is 22.9 Å². The van der Waals surface area contributed by atoms with Crippen LogP contribution in [-0.2, 0) is 0 Å². The van der Waals surface area contributed by atoms with Crippen LogP contribution >= 0.6 is 11.3 Å². The van der Waals surface area contributed by atoms with Crippen LogP contribution in [0.5, 0.6) is 11.5 Å². The minimum absolute atomic E-state index is 0.0693. The van der Waals surface area contributed by atoms with Gasteiger partial charge in [0, 0.05) is 23.4 Å². The first kappa shape index (κ1) is 19.3. The maximum Gasteiger partial charge on any atom is 0.207 e. The molecule has 2 heterocycles. The summed E-state index contributed by atoms with van der Waals surface area (Å²) in [7, 11) is 1.58. The van der Waals surface area contributed by atoms with Gasteiger partial charge in [0.25, 0.3) is 0 Å². The molecule has 5 rings (SSSR count). The van der Waals surface area contributed by atoms with Gasteiger partial charge in [-0.3, -0.25) is 0 Å². The molecule has 1 aliphatic rings. The van der Waals surface area contributed by atoms with Crippen LogP contribution in [0.4, 0.5) is 5.13 Å². The van der Waals surface area contributed by atoms with E-state index in [1.165, 1.54) is 16.9 Å². The Labute approximate surface area is 184 Å². The zero-order valence-electron chi connectivity index (χ0n) is 17.0. The molecule has 1 N–H and O–H groups in total. The summed E-state index contributed by atoms with van der Waals surface area (Å²) in [6.45, 7) is 0. The maximum absolute atomic E-state index is 10.4. The minimum atomic E-state index is 0.0693. The van der Waals surface area contributed by atoms with E-state index >= 15 is 0 Å². The number of hydrogen-bond acceptors (Lipinski definition) is 6. The first-order valence-corrected chi connectivity index (χ1v) is 10.9. The van der Waals surface area contributed by atoms with Crippen molar-refractivity contribution in [1.29, 1.82) is 0 Å². The maximum atomic E-state index is 10.4. The fourth-order valence-corrected chi connectivity index (χ4v) is 4.60. The quantitative estimate of drug-likeness (QED) is 0.432. The van der Waals surface area contributed by atoms with Gasteiger partial charge in [0.1, 0.15) is 11.5 Å². The second kappa shape index (κ2) is 8.24. The van der Waals surface area contributed by atoms with E-state index in [0.717, 1.165) is 28.5 Å². The lowest BCUT2D eigenvalue weighted by atomic mass is 9.99. The summed E-state index contributed by atoms with van der Waals surface area (Å²) in [5.74, 6) is 0.753. The highest BCUT2D eigenvalue weighted by atomic mass is 32.1. The van der Waals surface area contributed by atoms with E-state index in [-0.39, 0.29) is 11.8 Å². The topological polar surface area (TPSA) is 58.0 Å². The summed E-state index contributed by atoms with van der Waals surface area (Å²) >= 11 is 1.52. The summed E-state index contributed by atoms with van der Waals surface area (Å²) < 4.78 is 5.19. The molecule has 0 unspecified atom stereocenters. The van der Waals surface area contributed by atoms with Gasteiger partial charge in [-0.2, -0.15) is 5.10 Å². The third-order valence-corrected chi connectivity index (χ3v) is 6.20. The van der Waals surface area contributed by atoms with Crippen LogP contribution in [0, 0.1) is 0 Å². The van der Waals surface area contributed by atoms with E-state index < -0.39 is 0 Å². The van der Waals surface area contributed by atoms with Crippen LogP contribution in [0.1, 0.15) is 23.6 Å². The predicted molar refractivity (Wildman–Crippen MR) is 125 cm³/mol. The second-order valence-electron chi connectivity index (χ2n) is 7.29. The lowest BCUT2D eigenvalue weighted by Gasteiger charge is -2.21. The molecule has 0 bridgehead atoms. The number of hydrazone groups is 1. The Morgan fingerprint density at radius 2 is 1.74 bits per heavy atom. The molecule has 0 saturated carbocycles. The molecule has 0 saturated heterocycles. The first-order valence-electron chi connectivity index (χ1n) is 10.0. The molecule has 0 fully saturated rings. The van der Waals surface area contributed by atoms with Gasteiger partial charge >= 0.3 is 0 Å². The molecule has 0 spiro atoms. The van der Waals surface area contributed by atoms with Gasteiger partial charge in [-0.05, 0) is 23.3 Å². The van der Waals surface area contributed by atoms with Gasteiger partial charge in [0.15, 0.2) is 0 Å². The average Bonchev–Trinajstić information content (AvgIpc) is 3.48. The van der Waals surface area contributed by atoms with Gasteiger partial charge in [-0.25, -0.2) is 9.99 Å². The Morgan fingerprint density at radius 3 is 2.45 bits per heavy atom. The summed E-state index contributed by atoms with van der Waals surface area (Å²) in [6.07, 6.45) is 0.802. The van der Waals surface area contributed by atoms with Crippen LogP contribution in [0.15, 0.2) is 89.3 Å². The molecule has 0 amide bonds. The van der Waals surface area contributed by atoms with E-state index in [1.807, 2.05) is 46.8 Å². The third kappa shape index (κ3) is 3.78. The lowest BCUT2D eigenvalue weighted by Crippen LogP contribution is -2.18. The fraction of sp³-hybridized carbons (Fsp3) is 0.120. The molecule has 154 valence electrons. The molecule has 6 heteroatoms. The van der Waals surface area contributed by atoms with Crippen molar-refractivity contribution >= 4 is 22.2 Å². The fourth-order valence-electron chi connectivity index (χ4n) is 3.77. The number of methoxy groups -OCH3 is 1. The number of nitrogens with zero attached hydrogens (tertiary/aromatic N) is 3. The average molecular weight is 428 g/mol. The van der Waals surface area contributed by atoms with E-state index in [2.05, 4.69) is 36.4 Å². The number of aromatic hydroxyl groups is 1. The van der Waals surface area contributed by atoms with Crippen molar-refractivity contribution < 1.29 is 9.84 Å². The van der Waals surface area contributed by atoms with Crippen LogP contribution in [0.25, 0.3) is 11.3 Å². The zero-order chi connectivity index (χ0) is 21.2. The van der Waals surface area contributed by atoms with Crippen LogP contribution in [0.2, 0.25) is 0 Å². The number of ether oxygens (including phenoxy) is 1. The van der Waals surface area contributed by atoms with Gasteiger partial charge in [-0.1, -0.05) is 60.7 Å². The molecule has 5 nitrogen and oxygen atoms in total. The van der Waals surface area contributed by atoms with Crippen molar-refractivity contribution in [1.82, 2.24) is 4.98 Å². The lowest BCUT2D eigenvalue weighted by molar-refractivity contribution is 0.408. The normalized spacial score (nSPS) is 15.7. The Balaban J connectivity index is 1.53. The van der Waals surface area contributed by atoms with Crippen molar-refractivity contribution in [3.63, 3.8) is 0 Å². The SMILES string of the molecule is COc1ccc(-c2csc(N3N=C(c4ccccc4)C[C@@H]3c3ccccc3)n2)c(O)c1. The number of thiazole rings is 1. The number of rotatable bonds is 5. The number of aromatic nitrogens is 1. The summed E-state index contributed by atoms with van der Waals surface area (Å²) in [5.41, 5.74) is 4.75. The van der Waals surface area contributed by atoms with Crippen molar-refractivity contribution in [2.45, 2.75) is 12.5 Å². The highest BCUT2D eigenvalue weighted by Gasteiger charge is 2.31. The molecule has 1 aliphatic heterocycles. The third-order valence-electron chi connectivity index (χ3n) is 5.37. The highest BCUT2D eigenvalue weighted by molar-refractivity contribution is 7.14. The van der Waals surface area contributed by atoms with Crippen molar-refractivity contribution in [2.75, 3.05) is 12.1 Å². The zero-order valence-corrected chi connectivity index (χ0v) is 17.8. The molecule has 31 heavy (non-hydrogen) atoms. The van der Waals surface area contributed by atoms with Crippen molar-refractivity contribution in [2.24, 2.45) is 5.10 Å². The van der Waals surface area contributed by atoms with E-state index in [4.69, 9.17) is 14.8 Å². The highest BCUT2D eigenvalue weighted by Crippen LogP contribution is 2.41. The Bertz CT molecular complexity index is 1220. The van der Waals surface area contributed by atoms with Gasteiger partial charge in [0.05, 0.1) is 24.6 Å². The molecular formula is C25H21N3O2S. The van der Waals surface area contributed by atoms with Gasteiger partial charge < -0.3 is 9.84 Å². The molecule has 1 atom stereocenters. The molecule has 0 aliphatic carbocycles. The first-order chi connectivity index (χ1) is 15.2.